The molecule has 0 radical (unpaired) electrons. The Bertz CT molecular complexity index is 680. The van der Waals surface area contributed by atoms with Gasteiger partial charge in [-0.3, -0.25) is 0 Å². The van der Waals surface area contributed by atoms with Crippen LogP contribution in [0.3, 0.4) is 0 Å². The Morgan fingerprint density at radius 2 is 2.40 bits per heavy atom. The van der Waals surface area contributed by atoms with Gasteiger partial charge in [-0.15, -0.1) is 0 Å². The molecule has 20 heavy (non-hydrogen) atoms. The molecule has 0 fully saturated rings. The van der Waals surface area contributed by atoms with Crippen molar-refractivity contribution in [2.45, 2.75) is 19.8 Å². The number of nitrogens with zero attached hydrogens (tertiary/aromatic N) is 2. The van der Waals surface area contributed by atoms with E-state index in [0.717, 1.165) is 23.8 Å². The molecule has 1 aromatic carbocycles. The number of ether oxygens (including phenoxy) is 1. The summed E-state index contributed by atoms with van der Waals surface area (Å²) in [7, 11) is 0. The monoisotopic (exact) mass is 270 g/mol. The average molecular weight is 270 g/mol. The first-order chi connectivity index (χ1) is 9.74. The lowest BCUT2D eigenvalue weighted by Crippen LogP contribution is -2.07. The molecular weight excluding hydrogens is 256 g/mol. The lowest BCUT2D eigenvalue weighted by molar-refractivity contribution is -0.138. The summed E-state index contributed by atoms with van der Waals surface area (Å²) in [6.07, 6.45) is 4.80. The number of carbonyl (C=O) groups excluding carboxylic acids is 1. The van der Waals surface area contributed by atoms with Crippen LogP contribution in [0.5, 0.6) is 0 Å². The summed E-state index contributed by atoms with van der Waals surface area (Å²) in [4.78, 5) is 11.7. The summed E-state index contributed by atoms with van der Waals surface area (Å²) < 4.78 is 10.0. The van der Waals surface area contributed by atoms with Crippen LogP contribution in [0, 0.1) is 11.3 Å². The minimum absolute atomic E-state index is 0.0168. The first kappa shape index (κ1) is 13.8. The number of nitriles is 1. The van der Waals surface area contributed by atoms with Crippen molar-refractivity contribution in [1.82, 2.24) is 5.16 Å². The van der Waals surface area contributed by atoms with E-state index in [0.29, 0.717) is 12.2 Å². The normalized spacial score (nSPS) is 11.3. The third-order valence-corrected chi connectivity index (χ3v) is 2.76. The van der Waals surface area contributed by atoms with E-state index in [1.165, 1.54) is 6.08 Å². The Balaban J connectivity index is 2.17. The van der Waals surface area contributed by atoms with Gasteiger partial charge in [0, 0.05) is 5.39 Å². The predicted molar refractivity (Wildman–Crippen MR) is 73.5 cm³/mol. The van der Waals surface area contributed by atoms with E-state index < -0.39 is 5.97 Å². The van der Waals surface area contributed by atoms with Crippen LogP contribution in [-0.2, 0) is 9.53 Å². The van der Waals surface area contributed by atoms with Crippen molar-refractivity contribution in [2.24, 2.45) is 0 Å². The van der Waals surface area contributed by atoms with Gasteiger partial charge in [-0.1, -0.05) is 24.6 Å². The lowest BCUT2D eigenvalue weighted by atomic mass is 10.1. The molecule has 0 aliphatic heterocycles. The Morgan fingerprint density at radius 3 is 3.15 bits per heavy atom. The molecule has 1 aromatic heterocycles. The largest absolute Gasteiger partial charge is 0.462 e. The molecule has 2 rings (SSSR count). The van der Waals surface area contributed by atoms with Gasteiger partial charge in [0.1, 0.15) is 11.6 Å². The summed E-state index contributed by atoms with van der Waals surface area (Å²) in [5.74, 6) is -0.591. The highest BCUT2D eigenvalue weighted by Gasteiger charge is 2.10. The number of carbonyl (C=O) groups is 1. The van der Waals surface area contributed by atoms with E-state index in [-0.39, 0.29) is 5.57 Å². The van der Waals surface area contributed by atoms with Crippen LogP contribution in [0.2, 0.25) is 0 Å². The maximum atomic E-state index is 11.7. The number of rotatable bonds is 5. The van der Waals surface area contributed by atoms with Crippen LogP contribution in [-0.4, -0.2) is 17.7 Å². The van der Waals surface area contributed by atoms with E-state index in [4.69, 9.17) is 14.5 Å². The van der Waals surface area contributed by atoms with Gasteiger partial charge < -0.3 is 9.26 Å². The smallest absolute Gasteiger partial charge is 0.348 e. The van der Waals surface area contributed by atoms with Crippen LogP contribution in [0.4, 0.5) is 0 Å². The Kier molecular flexibility index (Phi) is 4.51. The third-order valence-electron chi connectivity index (χ3n) is 2.76. The molecule has 0 atom stereocenters. The molecule has 0 saturated heterocycles. The number of esters is 1. The number of benzene rings is 1. The second kappa shape index (κ2) is 6.53. The summed E-state index contributed by atoms with van der Waals surface area (Å²) in [6.45, 7) is 2.34. The van der Waals surface area contributed by atoms with Crippen LogP contribution < -0.4 is 0 Å². The summed E-state index contributed by atoms with van der Waals surface area (Å²) in [5, 5.41) is 13.5. The first-order valence-corrected chi connectivity index (χ1v) is 6.38. The zero-order valence-corrected chi connectivity index (χ0v) is 11.1. The van der Waals surface area contributed by atoms with E-state index in [1.54, 1.807) is 24.4 Å². The minimum atomic E-state index is -0.591. The van der Waals surface area contributed by atoms with Crippen molar-refractivity contribution in [2.75, 3.05) is 6.61 Å². The Labute approximate surface area is 116 Å². The van der Waals surface area contributed by atoms with Gasteiger partial charge in [0.2, 0.25) is 0 Å². The molecule has 1 heterocycles. The number of hydrogen-bond acceptors (Lipinski definition) is 5. The Hall–Kier alpha value is -2.61. The van der Waals surface area contributed by atoms with Crippen molar-refractivity contribution in [3.63, 3.8) is 0 Å². The fraction of sp³-hybridized carbons (Fsp3) is 0.267. The van der Waals surface area contributed by atoms with Crippen molar-refractivity contribution >= 4 is 23.0 Å². The van der Waals surface area contributed by atoms with Crippen LogP contribution in [0.15, 0.2) is 34.5 Å². The summed E-state index contributed by atoms with van der Waals surface area (Å²) in [6, 6.07) is 7.16. The molecule has 0 saturated carbocycles. The molecule has 0 aliphatic carbocycles. The topological polar surface area (TPSA) is 76.1 Å². The maximum absolute atomic E-state index is 11.7. The molecule has 0 unspecified atom stereocenters. The average Bonchev–Trinajstić information content (AvgIpc) is 2.92. The molecule has 5 nitrogen and oxygen atoms in total. The fourth-order valence-corrected chi connectivity index (χ4v) is 1.67. The maximum Gasteiger partial charge on any atom is 0.348 e. The molecule has 0 aliphatic rings. The molecule has 0 amide bonds. The zero-order valence-electron chi connectivity index (χ0n) is 11.1. The molecule has 102 valence electrons. The van der Waals surface area contributed by atoms with E-state index in [9.17, 15) is 4.79 Å². The van der Waals surface area contributed by atoms with Gasteiger partial charge in [-0.2, -0.15) is 5.26 Å². The predicted octanol–water partition coefficient (Wildman–Crippen LogP) is 3.08. The van der Waals surface area contributed by atoms with E-state index in [2.05, 4.69) is 5.16 Å². The molecular formula is C15H14N2O3. The molecule has 2 aromatic rings. The first-order valence-electron chi connectivity index (χ1n) is 6.38. The van der Waals surface area contributed by atoms with Gasteiger partial charge in [0.15, 0.2) is 5.58 Å². The number of aromatic nitrogens is 1. The van der Waals surface area contributed by atoms with E-state index in [1.807, 2.05) is 13.0 Å². The van der Waals surface area contributed by atoms with Gasteiger partial charge >= 0.3 is 5.97 Å². The number of fused-ring (bicyclic) bond motifs is 1. The molecule has 5 heteroatoms. The fourth-order valence-electron chi connectivity index (χ4n) is 1.67. The SMILES string of the molecule is CCCCOC(=O)/C(C#N)=C\c1ccc2oncc2c1. The van der Waals surface area contributed by atoms with E-state index >= 15 is 0 Å². The summed E-state index contributed by atoms with van der Waals surface area (Å²) >= 11 is 0. The van der Waals surface area contributed by atoms with Gasteiger partial charge in [-0.05, 0) is 30.2 Å². The highest BCUT2D eigenvalue weighted by molar-refractivity contribution is 5.98. The van der Waals surface area contributed by atoms with Crippen molar-refractivity contribution in [1.29, 1.82) is 5.26 Å². The lowest BCUT2D eigenvalue weighted by Gasteiger charge is -2.02. The molecule has 0 spiro atoms. The van der Waals surface area contributed by atoms with Crippen LogP contribution in [0.25, 0.3) is 17.0 Å². The summed E-state index contributed by atoms with van der Waals surface area (Å²) in [5.41, 5.74) is 1.37. The van der Waals surface area contributed by atoms with Gasteiger partial charge in [0.05, 0.1) is 12.8 Å². The quantitative estimate of drug-likeness (QED) is 0.361. The number of hydrogen-bond donors (Lipinski definition) is 0. The second-order valence-corrected chi connectivity index (χ2v) is 4.28. The third kappa shape index (κ3) is 3.23. The number of unbranched alkanes of at least 4 members (excludes halogenated alkanes) is 1. The van der Waals surface area contributed by atoms with Crippen molar-refractivity contribution in [3.8, 4) is 6.07 Å². The highest BCUT2D eigenvalue weighted by atomic mass is 16.5. The van der Waals surface area contributed by atoms with Crippen molar-refractivity contribution in [3.05, 3.63) is 35.5 Å². The minimum Gasteiger partial charge on any atom is -0.462 e. The molecule has 0 bridgehead atoms. The highest BCUT2D eigenvalue weighted by Crippen LogP contribution is 2.17. The Morgan fingerprint density at radius 1 is 1.55 bits per heavy atom. The standard InChI is InChI=1S/C15H14N2O3/c1-2-3-6-19-15(18)12(9-16)7-11-4-5-14-13(8-11)10-17-20-14/h4-5,7-8,10H,2-3,6H2,1H3/b12-7-. The molecule has 0 N–H and O–H groups in total. The second-order valence-electron chi connectivity index (χ2n) is 4.28. The van der Waals surface area contributed by atoms with Crippen molar-refractivity contribution < 1.29 is 14.1 Å². The van der Waals surface area contributed by atoms with Crippen LogP contribution >= 0.6 is 0 Å². The zero-order chi connectivity index (χ0) is 14.4. The van der Waals surface area contributed by atoms with Crippen LogP contribution in [0.1, 0.15) is 25.3 Å². The van der Waals surface area contributed by atoms with Gasteiger partial charge in [-0.25, -0.2) is 4.79 Å². The van der Waals surface area contributed by atoms with Gasteiger partial charge in [0.25, 0.3) is 0 Å².